The van der Waals surface area contributed by atoms with Crippen LogP contribution >= 0.6 is 0 Å². The van der Waals surface area contributed by atoms with Crippen molar-refractivity contribution in [1.82, 2.24) is 9.88 Å². The van der Waals surface area contributed by atoms with E-state index in [-0.39, 0.29) is 25.0 Å². The second-order valence-corrected chi connectivity index (χ2v) is 6.57. The van der Waals surface area contributed by atoms with Crippen LogP contribution in [0.3, 0.4) is 0 Å². The Morgan fingerprint density at radius 2 is 2.12 bits per heavy atom. The number of nitrogens with zero attached hydrogens (tertiary/aromatic N) is 2. The molecule has 3 rings (SSSR count). The molecule has 0 spiro atoms. The number of pyridine rings is 1. The molecule has 1 aromatic heterocycles. The highest BCUT2D eigenvalue weighted by atomic mass is 16.5. The first-order valence-electron chi connectivity index (χ1n) is 8.23. The summed E-state index contributed by atoms with van der Waals surface area (Å²) in [7, 11) is 2.91. The van der Waals surface area contributed by atoms with Crippen LogP contribution in [0.25, 0.3) is 10.9 Å². The molecule has 0 N–H and O–H groups in total. The molecule has 1 amide bonds. The Labute approximate surface area is 146 Å². The van der Waals surface area contributed by atoms with Crippen LogP contribution in [0.1, 0.15) is 22.3 Å². The highest BCUT2D eigenvalue weighted by Gasteiger charge is 2.47. The molecule has 0 radical (unpaired) electrons. The van der Waals surface area contributed by atoms with Gasteiger partial charge in [0, 0.05) is 31.8 Å². The summed E-state index contributed by atoms with van der Waals surface area (Å²) in [6.07, 6.45) is 2.21. The number of likely N-dealkylation sites (tertiary alicyclic amines) is 1. The Morgan fingerprint density at radius 1 is 1.32 bits per heavy atom. The second kappa shape index (κ2) is 6.80. The summed E-state index contributed by atoms with van der Waals surface area (Å²) in [5.74, 6) is -0.453. The van der Waals surface area contributed by atoms with E-state index in [4.69, 9.17) is 9.47 Å². The van der Waals surface area contributed by atoms with Crippen molar-refractivity contribution in [3.05, 3.63) is 41.6 Å². The zero-order valence-corrected chi connectivity index (χ0v) is 14.7. The fourth-order valence-corrected chi connectivity index (χ4v) is 3.56. The van der Waals surface area contributed by atoms with Gasteiger partial charge in [0.05, 0.1) is 24.8 Å². The van der Waals surface area contributed by atoms with Gasteiger partial charge in [-0.1, -0.05) is 6.07 Å². The third-order valence-electron chi connectivity index (χ3n) is 4.76. The molecular formula is C19H22N2O4. The number of aryl methyl sites for hydroxylation is 1. The van der Waals surface area contributed by atoms with Crippen LogP contribution in [0.2, 0.25) is 0 Å². The van der Waals surface area contributed by atoms with Crippen molar-refractivity contribution in [2.45, 2.75) is 13.3 Å². The number of esters is 1. The lowest BCUT2D eigenvalue weighted by Gasteiger charge is -2.25. The SMILES string of the molecule is COCC1(C(=O)OC)CCN(C(=O)c2cc(C)cc3cccnc23)C1. The molecule has 1 aliphatic heterocycles. The molecule has 0 saturated carbocycles. The van der Waals surface area contributed by atoms with Crippen molar-refractivity contribution in [2.24, 2.45) is 5.41 Å². The average molecular weight is 342 g/mol. The van der Waals surface area contributed by atoms with E-state index in [1.807, 2.05) is 31.2 Å². The molecule has 132 valence electrons. The predicted molar refractivity (Wildman–Crippen MR) is 93.3 cm³/mol. The standard InChI is InChI=1S/C19H22N2O4/c1-13-9-14-5-4-7-20-16(14)15(10-13)17(22)21-8-6-19(11-21,12-24-2)18(23)25-3/h4-5,7,9-10H,6,8,11-12H2,1-3H3. The number of carbonyl (C=O) groups excluding carboxylic acids is 2. The van der Waals surface area contributed by atoms with E-state index in [2.05, 4.69) is 4.98 Å². The predicted octanol–water partition coefficient (Wildman–Crippen LogP) is 2.19. The third kappa shape index (κ3) is 3.09. The first-order chi connectivity index (χ1) is 12.0. The van der Waals surface area contributed by atoms with Crippen molar-refractivity contribution in [3.8, 4) is 0 Å². The molecule has 6 nitrogen and oxygen atoms in total. The van der Waals surface area contributed by atoms with Gasteiger partial charge in [-0.15, -0.1) is 0 Å². The number of aromatic nitrogens is 1. The van der Waals surface area contributed by atoms with Crippen LogP contribution in [-0.4, -0.2) is 55.7 Å². The van der Waals surface area contributed by atoms with E-state index in [0.29, 0.717) is 24.0 Å². The lowest BCUT2D eigenvalue weighted by molar-refractivity contribution is -0.155. The first kappa shape index (κ1) is 17.4. The van der Waals surface area contributed by atoms with Crippen LogP contribution in [0, 0.1) is 12.3 Å². The number of hydrogen-bond donors (Lipinski definition) is 0. The molecule has 6 heteroatoms. The molecule has 2 aromatic rings. The van der Waals surface area contributed by atoms with E-state index in [1.165, 1.54) is 7.11 Å². The molecule has 1 atom stereocenters. The minimum absolute atomic E-state index is 0.116. The maximum absolute atomic E-state index is 13.1. The summed E-state index contributed by atoms with van der Waals surface area (Å²) in [5.41, 5.74) is 1.44. The van der Waals surface area contributed by atoms with Gasteiger partial charge in [0.1, 0.15) is 5.41 Å². The smallest absolute Gasteiger partial charge is 0.316 e. The number of ether oxygens (including phenoxy) is 2. The summed E-state index contributed by atoms with van der Waals surface area (Å²) in [6, 6.07) is 7.66. The Hall–Kier alpha value is -2.47. The van der Waals surface area contributed by atoms with E-state index < -0.39 is 5.41 Å². The number of benzene rings is 1. The number of carbonyl (C=O) groups is 2. The molecule has 25 heavy (non-hydrogen) atoms. The minimum atomic E-state index is -0.799. The summed E-state index contributed by atoms with van der Waals surface area (Å²) in [5, 5.41) is 0.932. The number of rotatable bonds is 4. The van der Waals surface area contributed by atoms with E-state index in [1.54, 1.807) is 18.2 Å². The summed E-state index contributed by atoms with van der Waals surface area (Å²) < 4.78 is 10.2. The number of methoxy groups -OCH3 is 2. The zero-order valence-electron chi connectivity index (χ0n) is 14.7. The monoisotopic (exact) mass is 342 g/mol. The average Bonchev–Trinajstić information content (AvgIpc) is 3.05. The van der Waals surface area contributed by atoms with E-state index >= 15 is 0 Å². The van der Waals surface area contributed by atoms with Gasteiger partial charge in [0.25, 0.3) is 5.91 Å². The maximum atomic E-state index is 13.1. The highest BCUT2D eigenvalue weighted by molar-refractivity contribution is 6.06. The van der Waals surface area contributed by atoms with Gasteiger partial charge in [-0.05, 0) is 37.1 Å². The fraction of sp³-hybridized carbons (Fsp3) is 0.421. The molecule has 1 aromatic carbocycles. The molecule has 0 bridgehead atoms. The molecular weight excluding hydrogens is 320 g/mol. The zero-order chi connectivity index (χ0) is 18.0. The van der Waals surface area contributed by atoms with Crippen molar-refractivity contribution in [2.75, 3.05) is 33.9 Å². The van der Waals surface area contributed by atoms with Crippen LogP contribution in [0.4, 0.5) is 0 Å². The Bertz CT molecular complexity index is 820. The molecule has 1 aliphatic rings. The number of hydrogen-bond acceptors (Lipinski definition) is 5. The Morgan fingerprint density at radius 3 is 2.84 bits per heavy atom. The van der Waals surface area contributed by atoms with Crippen molar-refractivity contribution < 1.29 is 19.1 Å². The van der Waals surface area contributed by atoms with E-state index in [9.17, 15) is 9.59 Å². The van der Waals surface area contributed by atoms with Crippen LogP contribution in [0.15, 0.2) is 30.5 Å². The Kier molecular flexibility index (Phi) is 4.72. The third-order valence-corrected chi connectivity index (χ3v) is 4.76. The van der Waals surface area contributed by atoms with Crippen LogP contribution in [0.5, 0.6) is 0 Å². The summed E-state index contributed by atoms with van der Waals surface area (Å²) >= 11 is 0. The lowest BCUT2D eigenvalue weighted by atomic mass is 9.88. The minimum Gasteiger partial charge on any atom is -0.468 e. The first-order valence-corrected chi connectivity index (χ1v) is 8.23. The topological polar surface area (TPSA) is 68.7 Å². The molecule has 1 fully saturated rings. The van der Waals surface area contributed by atoms with Gasteiger partial charge < -0.3 is 14.4 Å². The number of amides is 1. The van der Waals surface area contributed by atoms with Gasteiger partial charge in [0.2, 0.25) is 0 Å². The largest absolute Gasteiger partial charge is 0.468 e. The molecule has 2 heterocycles. The van der Waals surface area contributed by atoms with Crippen molar-refractivity contribution in [3.63, 3.8) is 0 Å². The van der Waals surface area contributed by atoms with Gasteiger partial charge in [-0.25, -0.2) is 0 Å². The van der Waals surface area contributed by atoms with Crippen molar-refractivity contribution in [1.29, 1.82) is 0 Å². The van der Waals surface area contributed by atoms with Gasteiger partial charge in [-0.2, -0.15) is 0 Å². The normalized spacial score (nSPS) is 20.0. The molecule has 1 unspecified atom stereocenters. The second-order valence-electron chi connectivity index (χ2n) is 6.57. The van der Waals surface area contributed by atoms with Gasteiger partial charge in [0.15, 0.2) is 0 Å². The lowest BCUT2D eigenvalue weighted by Crippen LogP contribution is -2.41. The summed E-state index contributed by atoms with van der Waals surface area (Å²) in [4.78, 5) is 31.4. The highest BCUT2D eigenvalue weighted by Crippen LogP contribution is 2.34. The Balaban J connectivity index is 1.94. The van der Waals surface area contributed by atoms with Crippen molar-refractivity contribution >= 4 is 22.8 Å². The quantitative estimate of drug-likeness (QED) is 0.797. The molecule has 1 saturated heterocycles. The number of fused-ring (bicyclic) bond motifs is 1. The van der Waals surface area contributed by atoms with Gasteiger partial charge in [-0.3, -0.25) is 14.6 Å². The van der Waals surface area contributed by atoms with Crippen LogP contribution < -0.4 is 0 Å². The van der Waals surface area contributed by atoms with Crippen LogP contribution in [-0.2, 0) is 14.3 Å². The molecule has 0 aliphatic carbocycles. The van der Waals surface area contributed by atoms with Gasteiger partial charge >= 0.3 is 5.97 Å². The summed E-state index contributed by atoms with van der Waals surface area (Å²) in [6.45, 7) is 2.96. The fourth-order valence-electron chi connectivity index (χ4n) is 3.56. The maximum Gasteiger partial charge on any atom is 0.316 e. The van der Waals surface area contributed by atoms with E-state index in [0.717, 1.165) is 10.9 Å².